The number of sulfonamides is 1. The molecule has 0 saturated carbocycles. The van der Waals surface area contributed by atoms with Gasteiger partial charge in [-0.05, 0) is 49.6 Å². The van der Waals surface area contributed by atoms with E-state index in [1.54, 1.807) is 49.4 Å². The molecule has 3 aromatic carbocycles. The first kappa shape index (κ1) is 31.5. The molecule has 0 heterocycles. The summed E-state index contributed by atoms with van der Waals surface area (Å²) >= 11 is 13.0. The second kappa shape index (κ2) is 14.0. The number of hydrogen-bond acceptors (Lipinski definition) is 4. The Morgan fingerprint density at radius 2 is 1.52 bits per heavy atom. The van der Waals surface area contributed by atoms with Gasteiger partial charge in [-0.25, -0.2) is 8.42 Å². The Kier molecular flexibility index (Phi) is 11.0. The molecule has 0 aliphatic heterocycles. The zero-order chi connectivity index (χ0) is 29.4. The van der Waals surface area contributed by atoms with Gasteiger partial charge in [0.1, 0.15) is 12.6 Å². The average molecular weight is 605 g/mol. The molecule has 1 N–H and O–H groups in total. The molecule has 0 spiro atoms. The summed E-state index contributed by atoms with van der Waals surface area (Å²) in [6.45, 7) is 5.02. The predicted molar refractivity (Wildman–Crippen MR) is 162 cm³/mol. The number of benzene rings is 3. The monoisotopic (exact) mass is 603 g/mol. The van der Waals surface area contributed by atoms with Crippen LogP contribution < -0.4 is 9.62 Å². The van der Waals surface area contributed by atoms with Crippen LogP contribution in [-0.2, 0) is 32.6 Å². The van der Waals surface area contributed by atoms with E-state index in [4.69, 9.17) is 23.2 Å². The summed E-state index contributed by atoms with van der Waals surface area (Å²) in [5.41, 5.74) is 2.39. The summed E-state index contributed by atoms with van der Waals surface area (Å²) in [6.07, 6.45) is 1.96. The molecule has 0 aliphatic rings. The number of amides is 2. The van der Waals surface area contributed by atoms with E-state index >= 15 is 0 Å². The van der Waals surface area contributed by atoms with E-state index in [9.17, 15) is 18.0 Å². The summed E-state index contributed by atoms with van der Waals surface area (Å²) in [4.78, 5) is 29.3. The molecule has 10 heteroatoms. The fraction of sp³-hybridized carbons (Fsp3) is 0.333. The molecule has 0 aromatic heterocycles. The molecule has 0 bridgehead atoms. The number of nitrogens with zero attached hydrogens (tertiary/aromatic N) is 2. The lowest BCUT2D eigenvalue weighted by molar-refractivity contribution is -0.140. The van der Waals surface area contributed by atoms with E-state index < -0.39 is 28.5 Å². The largest absolute Gasteiger partial charge is 0.352 e. The molecule has 0 saturated heterocycles. The Bertz CT molecular complexity index is 1410. The summed E-state index contributed by atoms with van der Waals surface area (Å²) in [7, 11) is -3.85. The normalized spacial score (nSPS) is 12.8. The lowest BCUT2D eigenvalue weighted by atomic mass is 10.0. The van der Waals surface area contributed by atoms with E-state index in [0.29, 0.717) is 33.3 Å². The van der Waals surface area contributed by atoms with Gasteiger partial charge in [0.2, 0.25) is 21.8 Å². The fourth-order valence-corrected chi connectivity index (χ4v) is 5.71. The Hall–Kier alpha value is -3.07. The molecule has 2 atom stereocenters. The Morgan fingerprint density at radius 1 is 0.925 bits per heavy atom. The number of rotatable bonds is 12. The van der Waals surface area contributed by atoms with Crippen molar-refractivity contribution < 1.29 is 18.0 Å². The maximum Gasteiger partial charge on any atom is 0.244 e. The molecule has 40 heavy (non-hydrogen) atoms. The van der Waals surface area contributed by atoms with Gasteiger partial charge >= 0.3 is 0 Å². The van der Waals surface area contributed by atoms with Crippen LogP contribution >= 0.6 is 23.2 Å². The molecule has 3 rings (SSSR count). The van der Waals surface area contributed by atoms with Crippen molar-refractivity contribution >= 4 is 50.7 Å². The SMILES string of the molecule is CC[C@H](C)NC(=O)[C@H](Cc1ccccc1)N(Cc1c(Cl)cccc1Cl)C(=O)CN(c1ccccc1C)S(C)(=O)=O. The van der Waals surface area contributed by atoms with E-state index in [1.165, 1.54) is 4.90 Å². The molecule has 7 nitrogen and oxygen atoms in total. The van der Waals surface area contributed by atoms with Gasteiger partial charge in [0, 0.05) is 34.6 Å². The molecular formula is C30H35Cl2N3O4S. The topological polar surface area (TPSA) is 86.8 Å². The number of anilines is 1. The number of aryl methyl sites for hydroxylation is 1. The van der Waals surface area contributed by atoms with Crippen molar-refractivity contribution in [2.45, 2.75) is 52.2 Å². The lowest BCUT2D eigenvalue weighted by Gasteiger charge is -2.34. The van der Waals surface area contributed by atoms with Crippen molar-refractivity contribution in [1.82, 2.24) is 10.2 Å². The van der Waals surface area contributed by atoms with Crippen LogP contribution in [0.1, 0.15) is 37.0 Å². The number of nitrogens with one attached hydrogen (secondary N) is 1. The van der Waals surface area contributed by atoms with Crippen LogP contribution in [-0.4, -0.2) is 50.0 Å². The molecule has 0 radical (unpaired) electrons. The molecular weight excluding hydrogens is 569 g/mol. The minimum Gasteiger partial charge on any atom is -0.352 e. The molecule has 3 aromatic rings. The Balaban J connectivity index is 2.12. The third-order valence-electron chi connectivity index (χ3n) is 6.73. The highest BCUT2D eigenvalue weighted by Gasteiger charge is 2.34. The minimum atomic E-state index is -3.85. The zero-order valence-corrected chi connectivity index (χ0v) is 25.4. The fourth-order valence-electron chi connectivity index (χ4n) is 4.29. The van der Waals surface area contributed by atoms with Gasteiger partial charge in [-0.1, -0.05) is 84.7 Å². The third kappa shape index (κ3) is 8.22. The summed E-state index contributed by atoms with van der Waals surface area (Å²) in [5.74, 6) is -0.915. The van der Waals surface area contributed by atoms with Gasteiger partial charge in [-0.2, -0.15) is 0 Å². The van der Waals surface area contributed by atoms with Gasteiger partial charge in [-0.15, -0.1) is 0 Å². The van der Waals surface area contributed by atoms with Crippen LogP contribution in [0.15, 0.2) is 72.8 Å². The van der Waals surface area contributed by atoms with Gasteiger partial charge in [0.15, 0.2) is 0 Å². The van der Waals surface area contributed by atoms with E-state index in [2.05, 4.69) is 5.32 Å². The van der Waals surface area contributed by atoms with E-state index in [-0.39, 0.29) is 24.9 Å². The zero-order valence-electron chi connectivity index (χ0n) is 23.1. The Labute approximate surface area is 247 Å². The van der Waals surface area contributed by atoms with Crippen molar-refractivity contribution in [2.24, 2.45) is 0 Å². The highest BCUT2D eigenvalue weighted by atomic mass is 35.5. The smallest absolute Gasteiger partial charge is 0.244 e. The standard InChI is InChI=1S/C30H35Cl2N3O4S/c1-5-22(3)33-30(37)28(18-23-13-7-6-8-14-23)34(19-24-25(31)15-11-16-26(24)32)29(36)20-35(40(4,38)39)27-17-10-9-12-21(27)2/h6-17,22,28H,5,18-20H2,1-4H3,(H,33,37)/t22-,28-/m0/s1. The van der Waals surface area contributed by atoms with Gasteiger partial charge in [0.25, 0.3) is 0 Å². The molecule has 2 amide bonds. The summed E-state index contributed by atoms with van der Waals surface area (Å²) in [6, 6.07) is 20.2. The predicted octanol–water partition coefficient (Wildman–Crippen LogP) is 5.62. The van der Waals surface area contributed by atoms with Crippen molar-refractivity contribution in [3.63, 3.8) is 0 Å². The Morgan fingerprint density at radius 3 is 2.10 bits per heavy atom. The van der Waals surface area contributed by atoms with Gasteiger partial charge in [0.05, 0.1) is 11.9 Å². The maximum absolute atomic E-state index is 14.2. The second-order valence-corrected chi connectivity index (χ2v) is 12.5. The second-order valence-electron chi connectivity index (χ2n) is 9.80. The highest BCUT2D eigenvalue weighted by molar-refractivity contribution is 7.92. The van der Waals surface area contributed by atoms with Crippen LogP contribution in [0.5, 0.6) is 0 Å². The van der Waals surface area contributed by atoms with E-state index in [0.717, 1.165) is 16.1 Å². The summed E-state index contributed by atoms with van der Waals surface area (Å²) in [5, 5.41) is 3.67. The number of carbonyl (C=O) groups is 2. The first-order valence-corrected chi connectivity index (χ1v) is 15.6. The first-order chi connectivity index (χ1) is 18.9. The van der Waals surface area contributed by atoms with Gasteiger partial charge in [-0.3, -0.25) is 13.9 Å². The minimum absolute atomic E-state index is 0.0891. The number of para-hydroxylation sites is 1. The van der Waals surface area contributed by atoms with Crippen molar-refractivity contribution in [1.29, 1.82) is 0 Å². The van der Waals surface area contributed by atoms with E-state index in [1.807, 2.05) is 44.2 Å². The van der Waals surface area contributed by atoms with Crippen LogP contribution in [0.3, 0.4) is 0 Å². The van der Waals surface area contributed by atoms with Crippen LogP contribution in [0.25, 0.3) is 0 Å². The van der Waals surface area contributed by atoms with Gasteiger partial charge < -0.3 is 10.2 Å². The number of carbonyl (C=O) groups excluding carboxylic acids is 2. The highest BCUT2D eigenvalue weighted by Crippen LogP contribution is 2.28. The van der Waals surface area contributed by atoms with Crippen LogP contribution in [0, 0.1) is 6.92 Å². The quantitative estimate of drug-likeness (QED) is 0.291. The number of halogens is 2. The van der Waals surface area contributed by atoms with Crippen molar-refractivity contribution in [3.8, 4) is 0 Å². The first-order valence-electron chi connectivity index (χ1n) is 13.0. The summed E-state index contributed by atoms with van der Waals surface area (Å²) < 4.78 is 26.9. The maximum atomic E-state index is 14.2. The average Bonchev–Trinajstić information content (AvgIpc) is 2.91. The van der Waals surface area contributed by atoms with Crippen LogP contribution in [0.4, 0.5) is 5.69 Å². The van der Waals surface area contributed by atoms with Crippen LogP contribution in [0.2, 0.25) is 10.0 Å². The number of hydrogen-bond donors (Lipinski definition) is 1. The third-order valence-corrected chi connectivity index (χ3v) is 8.56. The lowest BCUT2D eigenvalue weighted by Crippen LogP contribution is -2.54. The van der Waals surface area contributed by atoms with Crippen molar-refractivity contribution in [2.75, 3.05) is 17.1 Å². The molecule has 214 valence electrons. The molecule has 0 fully saturated rings. The van der Waals surface area contributed by atoms with Crippen molar-refractivity contribution in [3.05, 3.63) is 99.5 Å². The molecule has 0 aliphatic carbocycles. The molecule has 0 unspecified atom stereocenters.